The molecule has 0 aromatic rings. The maximum Gasteiger partial charge on any atom is 0.320 e. The van der Waals surface area contributed by atoms with Gasteiger partial charge < -0.3 is 43.7 Å². The minimum Gasteiger partial charge on any atom is -0.461 e. The van der Waals surface area contributed by atoms with Gasteiger partial charge >= 0.3 is 35.8 Å². The molecule has 0 bridgehead atoms. The number of unbranched alkanes of at least 4 members (excludes halogenated alkanes) is 54. The van der Waals surface area contributed by atoms with Crippen LogP contribution in [-0.2, 0) is 57.2 Å². The van der Waals surface area contributed by atoms with Gasteiger partial charge in [-0.05, 0) is 118 Å². The second-order valence-electron chi connectivity index (χ2n) is 36.7. The lowest BCUT2D eigenvalue weighted by Crippen LogP contribution is -2.36. The molecule has 18 heteroatoms. The van der Waals surface area contributed by atoms with Crippen LogP contribution in [-0.4, -0.2) is 182 Å². The largest absolute Gasteiger partial charge is 0.461 e. The summed E-state index contributed by atoms with van der Waals surface area (Å²) in [5.74, 6) is -3.16. The van der Waals surface area contributed by atoms with Crippen LogP contribution in [0.2, 0.25) is 0 Å². The van der Waals surface area contributed by atoms with Gasteiger partial charge in [0.1, 0.15) is 31.5 Å². The van der Waals surface area contributed by atoms with E-state index in [4.69, 9.17) is 28.4 Å². The van der Waals surface area contributed by atoms with E-state index in [2.05, 4.69) is 41.5 Å². The van der Waals surface area contributed by atoms with Crippen LogP contribution >= 0.6 is 0 Å². The molecule has 0 heterocycles. The van der Waals surface area contributed by atoms with Crippen molar-refractivity contribution in [3.8, 4) is 0 Å². The van der Waals surface area contributed by atoms with Gasteiger partial charge in [-0.1, -0.05) is 425 Å². The molecule has 0 saturated heterocycles. The molecular formula is C105H197N3O15. The van der Waals surface area contributed by atoms with Crippen molar-refractivity contribution in [2.75, 3.05) is 73.6 Å². The molecule has 0 rings (SSSR count). The number of carbonyl (C=O) groups excluding carboxylic acids is 6. The molecule has 6 atom stereocenters. The highest BCUT2D eigenvalue weighted by Gasteiger charge is 2.27. The van der Waals surface area contributed by atoms with E-state index in [9.17, 15) is 44.1 Å². The van der Waals surface area contributed by atoms with Crippen LogP contribution in [0.25, 0.3) is 0 Å². The average Bonchev–Trinajstić information content (AvgIpc) is 0.934. The zero-order chi connectivity index (χ0) is 90.2. The number of carbonyl (C=O) groups is 6. The van der Waals surface area contributed by atoms with Gasteiger partial charge in [-0.25, -0.2) is 0 Å². The van der Waals surface area contributed by atoms with E-state index in [1.54, 1.807) is 36.5 Å². The Labute approximate surface area is 756 Å². The number of aliphatic hydroxyl groups excluding tert-OH is 3. The first kappa shape index (κ1) is 119. The van der Waals surface area contributed by atoms with E-state index in [1.807, 2.05) is 35.8 Å². The van der Waals surface area contributed by atoms with Gasteiger partial charge in [0.2, 0.25) is 0 Å². The first-order valence-electron chi connectivity index (χ1n) is 52.1. The van der Waals surface area contributed by atoms with Gasteiger partial charge in [0.15, 0.2) is 6.10 Å². The van der Waals surface area contributed by atoms with Gasteiger partial charge in [0.05, 0.1) is 57.2 Å². The Kier molecular flexibility index (Phi) is 88.0. The van der Waals surface area contributed by atoms with Crippen LogP contribution in [0, 0.1) is 0 Å². The molecule has 0 saturated carbocycles. The van der Waals surface area contributed by atoms with Crippen molar-refractivity contribution in [3.05, 3.63) is 36.5 Å². The number of hydrogen-bond donors (Lipinski definition) is 3. The predicted molar refractivity (Wildman–Crippen MR) is 512 cm³/mol. The van der Waals surface area contributed by atoms with Crippen molar-refractivity contribution in [2.24, 2.45) is 0 Å². The molecule has 0 aromatic heterocycles. The number of likely N-dealkylation sites (N-methyl/N-ethyl adjacent to an activating group) is 3. The third-order valence-electron chi connectivity index (χ3n) is 24.2. The summed E-state index contributed by atoms with van der Waals surface area (Å²) < 4.78 is 34.7. The highest BCUT2D eigenvalue weighted by atomic mass is 16.6. The number of rotatable bonds is 95. The topological polar surface area (TPSA) is 228 Å². The Morgan fingerprint density at radius 1 is 0.236 bits per heavy atom. The Balaban J connectivity index is 5.71. The standard InChI is InChI=1S/C105H197N3O15/c1-10-16-22-25-28-31-34-37-40-43-46-49-52-55-58-61-73-85-106(7)88-103(115)121-97(79-64-19-13-4)94(109)76-67-70-82-100(112)118-91-93(120-102(114)84-72-69-78-96(111)99(81-66-21-15-6)123-105(117)90-108(9)87-75-63-60-57-54-51-48-45-42-39-36-33-30-27-24-18-12-3)92-119-101(113)83-71-68-77-95(110)98(80-65-20-14-5)122-104(116)89-107(8)86-74-62-59-56-53-50-47-44-41-38-35-32-29-26-23-17-11-2/h67-72,93-99,109-111H,10-66,73-92H2,1-9H3/b70-67+,71-68+,72-69+. The van der Waals surface area contributed by atoms with Crippen LogP contribution in [0.1, 0.15) is 485 Å². The fraction of sp³-hybridized carbons (Fsp3) is 0.886. The van der Waals surface area contributed by atoms with Crippen molar-refractivity contribution >= 4 is 35.8 Å². The number of ether oxygens (including phenoxy) is 6. The van der Waals surface area contributed by atoms with Crippen LogP contribution in [0.5, 0.6) is 0 Å². The van der Waals surface area contributed by atoms with Crippen molar-refractivity contribution in [1.82, 2.24) is 14.7 Å². The highest BCUT2D eigenvalue weighted by molar-refractivity contribution is 5.74. The summed E-state index contributed by atoms with van der Waals surface area (Å²) in [5.41, 5.74) is 0. The summed E-state index contributed by atoms with van der Waals surface area (Å²) in [6.07, 6.45) is 79.4. The molecule has 0 aromatic carbocycles. The molecule has 123 heavy (non-hydrogen) atoms. The third-order valence-corrected chi connectivity index (χ3v) is 24.2. The van der Waals surface area contributed by atoms with Crippen molar-refractivity contribution in [2.45, 2.75) is 527 Å². The summed E-state index contributed by atoms with van der Waals surface area (Å²) in [6, 6.07) is 0. The zero-order valence-electron chi connectivity index (χ0n) is 81.5. The fourth-order valence-corrected chi connectivity index (χ4v) is 16.2. The maximum atomic E-state index is 13.5. The van der Waals surface area contributed by atoms with Crippen LogP contribution in [0.4, 0.5) is 0 Å². The summed E-state index contributed by atoms with van der Waals surface area (Å²) in [5, 5.41) is 34.1. The number of aliphatic hydroxyl groups is 3. The summed E-state index contributed by atoms with van der Waals surface area (Å²) in [4.78, 5) is 85.9. The molecule has 0 aliphatic heterocycles. The Bertz CT molecular complexity index is 2350. The highest BCUT2D eigenvalue weighted by Crippen LogP contribution is 2.23. The van der Waals surface area contributed by atoms with Gasteiger partial charge in [0.25, 0.3) is 0 Å². The molecule has 3 N–H and O–H groups in total. The predicted octanol–water partition coefficient (Wildman–Crippen LogP) is 26.3. The van der Waals surface area contributed by atoms with Crippen molar-refractivity contribution in [3.63, 3.8) is 0 Å². The Morgan fingerprint density at radius 2 is 0.423 bits per heavy atom. The maximum absolute atomic E-state index is 13.5. The molecule has 722 valence electrons. The van der Waals surface area contributed by atoms with Gasteiger partial charge in [0, 0.05) is 0 Å². The first-order valence-corrected chi connectivity index (χ1v) is 52.1. The molecule has 0 aliphatic carbocycles. The minimum absolute atomic E-state index is 0.115. The van der Waals surface area contributed by atoms with E-state index in [0.29, 0.717) is 19.3 Å². The van der Waals surface area contributed by atoms with Crippen LogP contribution in [0.15, 0.2) is 36.5 Å². The second kappa shape index (κ2) is 91.1. The summed E-state index contributed by atoms with van der Waals surface area (Å²) in [6.45, 7) is 15.0. The molecule has 0 spiro atoms. The SMILES string of the molecule is CCCCCCCCCCCCCCCCCCCN(C)CC(=O)OC(CCCCC)C(O)C/C=C/CC(=O)OCC(COC(=O)C/C=C/CC(O)C(CCCCC)OC(=O)CN(C)CCCCCCCCCCCCCCCCCCC)OC(=O)C/C=C/CC(O)C(CCCCC)OC(=O)CN(C)CCCCCCCCCCCCCCCCCCC. The summed E-state index contributed by atoms with van der Waals surface area (Å²) >= 11 is 0. The van der Waals surface area contributed by atoms with E-state index in [0.717, 1.165) is 116 Å². The van der Waals surface area contributed by atoms with Crippen molar-refractivity contribution in [1.29, 1.82) is 0 Å². The molecule has 6 unspecified atom stereocenters. The minimum atomic E-state index is -1.19. The zero-order valence-corrected chi connectivity index (χ0v) is 81.5. The van der Waals surface area contributed by atoms with E-state index < -0.39 is 73.8 Å². The second-order valence-corrected chi connectivity index (χ2v) is 36.7. The number of nitrogens with zero attached hydrogens (tertiary/aromatic N) is 3. The van der Waals surface area contributed by atoms with E-state index in [-0.39, 0.29) is 76.1 Å². The molecule has 0 amide bonds. The fourth-order valence-electron chi connectivity index (χ4n) is 16.2. The van der Waals surface area contributed by atoms with Gasteiger partial charge in [-0.3, -0.25) is 43.5 Å². The lowest BCUT2D eigenvalue weighted by atomic mass is 10.0. The average molecular weight is 1740 g/mol. The normalized spacial score (nSPS) is 13.7. The smallest absolute Gasteiger partial charge is 0.320 e. The lowest BCUT2D eigenvalue weighted by Gasteiger charge is -2.24. The molecule has 0 fully saturated rings. The molecule has 0 aliphatic rings. The number of esters is 6. The summed E-state index contributed by atoms with van der Waals surface area (Å²) in [7, 11) is 5.79. The van der Waals surface area contributed by atoms with Crippen molar-refractivity contribution < 1.29 is 72.5 Å². The van der Waals surface area contributed by atoms with E-state index in [1.165, 1.54) is 289 Å². The molecule has 0 radical (unpaired) electrons. The van der Waals surface area contributed by atoms with E-state index >= 15 is 0 Å². The number of hydrogen-bond acceptors (Lipinski definition) is 18. The Morgan fingerprint density at radius 3 is 0.634 bits per heavy atom. The van der Waals surface area contributed by atoms with Crippen LogP contribution in [0.3, 0.4) is 0 Å². The monoisotopic (exact) mass is 1740 g/mol. The van der Waals surface area contributed by atoms with Crippen LogP contribution < -0.4 is 0 Å². The lowest BCUT2D eigenvalue weighted by molar-refractivity contribution is -0.165. The Hall–Kier alpha value is -4.20. The first-order chi connectivity index (χ1) is 59.9. The van der Waals surface area contributed by atoms with Gasteiger partial charge in [-0.15, -0.1) is 0 Å². The molecule has 18 nitrogen and oxygen atoms in total. The third kappa shape index (κ3) is 82.0. The quantitative estimate of drug-likeness (QED) is 0.0222. The van der Waals surface area contributed by atoms with Gasteiger partial charge in [-0.2, -0.15) is 0 Å². The molecular weight excluding hydrogens is 1540 g/mol.